The van der Waals surface area contributed by atoms with E-state index in [4.69, 9.17) is 4.52 Å². The van der Waals surface area contributed by atoms with Crippen LogP contribution in [0, 0.1) is 13.8 Å². The molecule has 6 nitrogen and oxygen atoms in total. The predicted molar refractivity (Wildman–Crippen MR) is 93.6 cm³/mol. The molecular formula is C19H20N4O2. The molecule has 0 fully saturated rings. The summed E-state index contributed by atoms with van der Waals surface area (Å²) in [7, 11) is 0. The molecule has 0 saturated carbocycles. The van der Waals surface area contributed by atoms with Crippen LogP contribution in [0.25, 0.3) is 11.3 Å². The molecule has 3 rings (SSSR count). The molecule has 6 heteroatoms. The second kappa shape index (κ2) is 7.70. The zero-order valence-electron chi connectivity index (χ0n) is 14.3. The maximum atomic E-state index is 12.1. The van der Waals surface area contributed by atoms with Gasteiger partial charge in [-0.3, -0.25) is 14.8 Å². The van der Waals surface area contributed by atoms with Crippen molar-refractivity contribution >= 4 is 5.91 Å². The van der Waals surface area contributed by atoms with Crippen molar-refractivity contribution in [1.82, 2.24) is 20.4 Å². The number of aromatic nitrogens is 3. The van der Waals surface area contributed by atoms with Gasteiger partial charge < -0.3 is 9.84 Å². The second-order valence-electron chi connectivity index (χ2n) is 5.87. The molecule has 25 heavy (non-hydrogen) atoms. The van der Waals surface area contributed by atoms with Crippen molar-refractivity contribution in [3.63, 3.8) is 0 Å². The van der Waals surface area contributed by atoms with E-state index in [9.17, 15) is 4.79 Å². The fourth-order valence-corrected chi connectivity index (χ4v) is 2.64. The van der Waals surface area contributed by atoms with Gasteiger partial charge in [0.15, 0.2) is 0 Å². The van der Waals surface area contributed by atoms with Crippen LogP contribution in [0.3, 0.4) is 0 Å². The fraction of sp³-hybridized carbons (Fsp3) is 0.263. The first-order valence-electron chi connectivity index (χ1n) is 8.17. The van der Waals surface area contributed by atoms with Gasteiger partial charge in [-0.2, -0.15) is 0 Å². The highest BCUT2D eigenvalue weighted by Gasteiger charge is 2.11. The van der Waals surface area contributed by atoms with E-state index >= 15 is 0 Å². The Kier molecular flexibility index (Phi) is 5.18. The van der Waals surface area contributed by atoms with Gasteiger partial charge in [-0.1, -0.05) is 5.16 Å². The van der Waals surface area contributed by atoms with Gasteiger partial charge in [0.2, 0.25) is 5.91 Å². The van der Waals surface area contributed by atoms with Gasteiger partial charge in [0.1, 0.15) is 5.76 Å². The Bertz CT molecular complexity index is 839. The van der Waals surface area contributed by atoms with Crippen molar-refractivity contribution < 1.29 is 9.32 Å². The van der Waals surface area contributed by atoms with Gasteiger partial charge in [-0.15, -0.1) is 0 Å². The Hall–Kier alpha value is -3.02. The van der Waals surface area contributed by atoms with Crippen molar-refractivity contribution in [2.75, 3.05) is 0 Å². The molecule has 1 N–H and O–H groups in total. The predicted octanol–water partition coefficient (Wildman–Crippen LogP) is 3.00. The topological polar surface area (TPSA) is 80.9 Å². The van der Waals surface area contributed by atoms with Crippen molar-refractivity contribution in [3.05, 3.63) is 65.4 Å². The first-order chi connectivity index (χ1) is 12.1. The summed E-state index contributed by atoms with van der Waals surface area (Å²) in [6.45, 7) is 4.22. The quantitative estimate of drug-likeness (QED) is 0.748. The molecule has 3 aromatic rings. The molecule has 3 aromatic heterocycles. The smallest absolute Gasteiger partial charge is 0.220 e. The molecule has 3 heterocycles. The zero-order chi connectivity index (χ0) is 17.6. The lowest BCUT2D eigenvalue weighted by Crippen LogP contribution is -2.23. The van der Waals surface area contributed by atoms with E-state index in [2.05, 4.69) is 20.4 Å². The van der Waals surface area contributed by atoms with Crippen LogP contribution in [0.5, 0.6) is 0 Å². The minimum absolute atomic E-state index is 0.000241. The third-order valence-corrected chi connectivity index (χ3v) is 4.05. The molecule has 0 bridgehead atoms. The monoisotopic (exact) mass is 336 g/mol. The molecule has 128 valence electrons. The average molecular weight is 336 g/mol. The number of carbonyl (C=O) groups excluding carboxylic acids is 1. The van der Waals surface area contributed by atoms with Gasteiger partial charge in [-0.25, -0.2) is 0 Å². The minimum Gasteiger partial charge on any atom is -0.361 e. The Morgan fingerprint density at radius 2 is 2.12 bits per heavy atom. The molecule has 0 aliphatic heterocycles. The number of hydrogen-bond donors (Lipinski definition) is 1. The van der Waals surface area contributed by atoms with Crippen LogP contribution in [0.15, 0.2) is 47.4 Å². The van der Waals surface area contributed by atoms with Crippen LogP contribution in [-0.4, -0.2) is 21.0 Å². The van der Waals surface area contributed by atoms with Gasteiger partial charge in [-0.05, 0) is 50.1 Å². The number of amides is 1. The highest BCUT2D eigenvalue weighted by Crippen LogP contribution is 2.16. The second-order valence-corrected chi connectivity index (χ2v) is 5.87. The van der Waals surface area contributed by atoms with Crippen molar-refractivity contribution in [1.29, 1.82) is 0 Å². The summed E-state index contributed by atoms with van der Waals surface area (Å²) in [6, 6.07) is 7.70. The fourth-order valence-electron chi connectivity index (χ4n) is 2.64. The summed E-state index contributed by atoms with van der Waals surface area (Å²) < 4.78 is 5.12. The number of nitrogens with one attached hydrogen (secondary N) is 1. The van der Waals surface area contributed by atoms with E-state index in [0.29, 0.717) is 19.4 Å². The van der Waals surface area contributed by atoms with E-state index < -0.39 is 0 Å². The lowest BCUT2D eigenvalue weighted by molar-refractivity contribution is -0.121. The van der Waals surface area contributed by atoms with Crippen LogP contribution in [-0.2, 0) is 17.8 Å². The normalized spacial score (nSPS) is 10.6. The number of rotatable bonds is 6. The molecule has 0 aliphatic carbocycles. The highest BCUT2D eigenvalue weighted by atomic mass is 16.5. The minimum atomic E-state index is -0.000241. The average Bonchev–Trinajstić information content (AvgIpc) is 2.97. The van der Waals surface area contributed by atoms with E-state index in [1.54, 1.807) is 18.6 Å². The highest BCUT2D eigenvalue weighted by molar-refractivity contribution is 5.76. The number of nitrogens with zero attached hydrogens (tertiary/aromatic N) is 3. The number of carbonyl (C=O) groups is 1. The first kappa shape index (κ1) is 16.8. The van der Waals surface area contributed by atoms with Crippen molar-refractivity contribution in [2.24, 2.45) is 0 Å². The molecule has 0 unspecified atom stereocenters. The third-order valence-electron chi connectivity index (χ3n) is 4.05. The summed E-state index contributed by atoms with van der Waals surface area (Å²) in [6.07, 6.45) is 6.28. The summed E-state index contributed by atoms with van der Waals surface area (Å²) >= 11 is 0. The Morgan fingerprint density at radius 1 is 1.24 bits per heavy atom. The molecule has 1 amide bonds. The molecule has 0 aliphatic rings. The standard InChI is InChI=1S/C19H20N4O2/c1-13-17(14(2)25-23-13)5-6-19(24)22-11-15-7-9-21-18(10-15)16-4-3-8-20-12-16/h3-4,7-10,12H,5-6,11H2,1-2H3,(H,22,24). The van der Waals surface area contributed by atoms with E-state index in [0.717, 1.165) is 33.8 Å². The number of pyridine rings is 2. The lowest BCUT2D eigenvalue weighted by atomic mass is 10.1. The molecule has 0 atom stereocenters. The van der Waals surface area contributed by atoms with Crippen LogP contribution < -0.4 is 5.32 Å². The lowest BCUT2D eigenvalue weighted by Gasteiger charge is -2.07. The summed E-state index contributed by atoms with van der Waals surface area (Å²) in [5.74, 6) is 0.778. The Balaban J connectivity index is 1.56. The maximum Gasteiger partial charge on any atom is 0.220 e. The zero-order valence-corrected chi connectivity index (χ0v) is 14.3. The van der Waals surface area contributed by atoms with Crippen LogP contribution >= 0.6 is 0 Å². The molecule has 0 aromatic carbocycles. The summed E-state index contributed by atoms with van der Waals surface area (Å²) in [4.78, 5) is 20.6. The SMILES string of the molecule is Cc1noc(C)c1CCC(=O)NCc1ccnc(-c2cccnc2)c1. The van der Waals surface area contributed by atoms with E-state index in [-0.39, 0.29) is 5.91 Å². The van der Waals surface area contributed by atoms with Gasteiger partial charge in [0.05, 0.1) is 11.4 Å². The van der Waals surface area contributed by atoms with Crippen LogP contribution in [0.4, 0.5) is 0 Å². The maximum absolute atomic E-state index is 12.1. The van der Waals surface area contributed by atoms with Crippen molar-refractivity contribution in [2.45, 2.75) is 33.2 Å². The first-order valence-corrected chi connectivity index (χ1v) is 8.17. The summed E-state index contributed by atoms with van der Waals surface area (Å²) in [5.41, 5.74) is 4.66. The summed E-state index contributed by atoms with van der Waals surface area (Å²) in [5, 5.41) is 6.85. The molecular weight excluding hydrogens is 316 g/mol. The third kappa shape index (κ3) is 4.29. The van der Waals surface area contributed by atoms with E-state index in [1.165, 1.54) is 0 Å². The Morgan fingerprint density at radius 3 is 2.84 bits per heavy atom. The van der Waals surface area contributed by atoms with Gasteiger partial charge in [0.25, 0.3) is 0 Å². The van der Waals surface area contributed by atoms with Gasteiger partial charge in [0, 0.05) is 42.7 Å². The largest absolute Gasteiger partial charge is 0.361 e. The molecule has 0 radical (unpaired) electrons. The molecule has 0 saturated heterocycles. The van der Waals surface area contributed by atoms with Crippen LogP contribution in [0.1, 0.15) is 29.0 Å². The van der Waals surface area contributed by atoms with Crippen LogP contribution in [0.2, 0.25) is 0 Å². The Labute approximate surface area is 146 Å². The van der Waals surface area contributed by atoms with Gasteiger partial charge >= 0.3 is 0 Å². The molecule has 0 spiro atoms. The number of hydrogen-bond acceptors (Lipinski definition) is 5. The van der Waals surface area contributed by atoms with E-state index in [1.807, 2.05) is 38.1 Å². The number of aryl methyl sites for hydroxylation is 2. The van der Waals surface area contributed by atoms with Crippen molar-refractivity contribution in [3.8, 4) is 11.3 Å².